The number of benzene rings is 2. The van der Waals surface area contributed by atoms with E-state index in [0.29, 0.717) is 27.8 Å². The van der Waals surface area contributed by atoms with E-state index in [1.807, 2.05) is 51.4 Å². The predicted octanol–water partition coefficient (Wildman–Crippen LogP) is 5.20. The number of carbonyl (C=O) groups is 1. The fourth-order valence-electron chi connectivity index (χ4n) is 3.23. The molecule has 6 heteroatoms. The average molecular weight is 416 g/mol. The summed E-state index contributed by atoms with van der Waals surface area (Å²) in [6, 6.07) is 13.0. The van der Waals surface area contributed by atoms with Gasteiger partial charge in [-0.15, -0.1) is 0 Å². The van der Waals surface area contributed by atoms with Crippen LogP contribution in [-0.2, 0) is 0 Å². The zero-order valence-electron chi connectivity index (χ0n) is 16.2. The number of hydrogen-bond donors (Lipinski definition) is 1. The fraction of sp³-hybridized carbons (Fsp3) is 0.273. The van der Waals surface area contributed by atoms with Crippen molar-refractivity contribution in [2.75, 3.05) is 27.2 Å². The van der Waals surface area contributed by atoms with Gasteiger partial charge >= 0.3 is 0 Å². The maximum Gasteiger partial charge on any atom is 0.252 e. The van der Waals surface area contributed by atoms with Crippen molar-refractivity contribution in [2.24, 2.45) is 0 Å². The molecule has 1 N–H and O–H groups in total. The van der Waals surface area contributed by atoms with Crippen LogP contribution in [0, 0.1) is 6.92 Å². The number of nitrogens with zero attached hydrogens (tertiary/aromatic N) is 2. The second-order valence-corrected chi connectivity index (χ2v) is 7.86. The number of amides is 1. The largest absolute Gasteiger partial charge is 0.352 e. The summed E-state index contributed by atoms with van der Waals surface area (Å²) in [6.07, 6.45) is 0.886. The summed E-state index contributed by atoms with van der Waals surface area (Å²) in [5.41, 5.74) is 3.65. The summed E-state index contributed by atoms with van der Waals surface area (Å²) in [5.74, 6) is -0.0961. The second kappa shape index (κ2) is 8.91. The van der Waals surface area contributed by atoms with Gasteiger partial charge < -0.3 is 10.2 Å². The molecular formula is C22H23Cl2N3O. The van der Waals surface area contributed by atoms with Crippen LogP contribution in [0.3, 0.4) is 0 Å². The number of fused-ring (bicyclic) bond motifs is 1. The molecule has 0 bridgehead atoms. The van der Waals surface area contributed by atoms with Crippen LogP contribution in [0.25, 0.3) is 22.2 Å². The number of halogens is 2. The zero-order chi connectivity index (χ0) is 20.3. The monoisotopic (exact) mass is 415 g/mol. The first kappa shape index (κ1) is 20.6. The molecular weight excluding hydrogens is 393 g/mol. The van der Waals surface area contributed by atoms with E-state index in [2.05, 4.69) is 10.2 Å². The van der Waals surface area contributed by atoms with E-state index < -0.39 is 0 Å². The topological polar surface area (TPSA) is 45.2 Å². The van der Waals surface area contributed by atoms with Crippen LogP contribution in [0.2, 0.25) is 10.0 Å². The molecule has 0 aliphatic heterocycles. The summed E-state index contributed by atoms with van der Waals surface area (Å²) in [6.45, 7) is 3.45. The first-order valence-corrected chi connectivity index (χ1v) is 9.91. The quantitative estimate of drug-likeness (QED) is 0.562. The van der Waals surface area contributed by atoms with Crippen molar-refractivity contribution in [2.45, 2.75) is 13.3 Å². The summed E-state index contributed by atoms with van der Waals surface area (Å²) >= 11 is 12.5. The number of pyridine rings is 1. The van der Waals surface area contributed by atoms with E-state index in [4.69, 9.17) is 28.2 Å². The molecule has 0 saturated carbocycles. The SMILES string of the molecule is Cc1c(-c2ccc(Cl)cc2Cl)nc2ccccc2c1C(=O)NCCCN(C)C. The molecule has 28 heavy (non-hydrogen) atoms. The predicted molar refractivity (Wildman–Crippen MR) is 117 cm³/mol. The molecule has 0 aliphatic rings. The van der Waals surface area contributed by atoms with Crippen LogP contribution in [0.15, 0.2) is 42.5 Å². The van der Waals surface area contributed by atoms with E-state index in [1.54, 1.807) is 12.1 Å². The van der Waals surface area contributed by atoms with Gasteiger partial charge in [-0.1, -0.05) is 41.4 Å². The molecule has 1 heterocycles. The molecule has 0 saturated heterocycles. The third-order valence-electron chi connectivity index (χ3n) is 4.62. The van der Waals surface area contributed by atoms with Crippen LogP contribution in [-0.4, -0.2) is 43.0 Å². The van der Waals surface area contributed by atoms with Crippen molar-refractivity contribution in [3.8, 4) is 11.3 Å². The highest BCUT2D eigenvalue weighted by molar-refractivity contribution is 6.36. The van der Waals surface area contributed by atoms with Gasteiger partial charge in [-0.2, -0.15) is 0 Å². The number of para-hydroxylation sites is 1. The molecule has 4 nitrogen and oxygen atoms in total. The van der Waals surface area contributed by atoms with Crippen molar-refractivity contribution >= 4 is 40.0 Å². The van der Waals surface area contributed by atoms with E-state index in [-0.39, 0.29) is 5.91 Å². The van der Waals surface area contributed by atoms with Gasteiger partial charge in [0.2, 0.25) is 0 Å². The third-order valence-corrected chi connectivity index (χ3v) is 5.16. The number of aromatic nitrogens is 1. The van der Waals surface area contributed by atoms with Gasteiger partial charge in [0.15, 0.2) is 0 Å². The van der Waals surface area contributed by atoms with Gasteiger partial charge in [-0.25, -0.2) is 4.98 Å². The molecule has 0 radical (unpaired) electrons. The van der Waals surface area contributed by atoms with Crippen molar-refractivity contribution in [1.82, 2.24) is 15.2 Å². The lowest BCUT2D eigenvalue weighted by molar-refractivity contribution is 0.0953. The molecule has 0 atom stereocenters. The summed E-state index contributed by atoms with van der Waals surface area (Å²) < 4.78 is 0. The van der Waals surface area contributed by atoms with Gasteiger partial charge in [0, 0.05) is 22.5 Å². The minimum Gasteiger partial charge on any atom is -0.352 e. The number of carbonyl (C=O) groups excluding carboxylic acids is 1. The third kappa shape index (κ3) is 4.46. The van der Waals surface area contributed by atoms with Crippen LogP contribution in [0.1, 0.15) is 22.3 Å². The normalized spacial score (nSPS) is 11.2. The molecule has 1 aromatic heterocycles. The van der Waals surface area contributed by atoms with Crippen molar-refractivity contribution < 1.29 is 4.79 Å². The van der Waals surface area contributed by atoms with E-state index in [1.165, 1.54) is 0 Å². The van der Waals surface area contributed by atoms with Crippen LogP contribution < -0.4 is 5.32 Å². The number of hydrogen-bond acceptors (Lipinski definition) is 3. The standard InChI is InChI=1S/C22H23Cl2N3O/c1-14-20(22(28)25-11-6-12-27(2)3)17-7-4-5-8-19(17)26-21(14)16-10-9-15(23)13-18(16)24/h4-5,7-10,13H,6,11-12H2,1-3H3,(H,25,28). The van der Waals surface area contributed by atoms with Crippen molar-refractivity contribution in [3.05, 3.63) is 63.6 Å². The van der Waals surface area contributed by atoms with Gasteiger partial charge in [0.1, 0.15) is 0 Å². The summed E-state index contributed by atoms with van der Waals surface area (Å²) in [4.78, 5) is 19.9. The Hall–Kier alpha value is -2.14. The Balaban J connectivity index is 2.05. The van der Waals surface area contributed by atoms with E-state index >= 15 is 0 Å². The molecule has 0 fully saturated rings. The first-order valence-electron chi connectivity index (χ1n) is 9.16. The first-order chi connectivity index (χ1) is 13.4. The fourth-order valence-corrected chi connectivity index (χ4v) is 3.73. The van der Waals surface area contributed by atoms with Crippen LogP contribution >= 0.6 is 23.2 Å². The molecule has 0 aliphatic carbocycles. The summed E-state index contributed by atoms with van der Waals surface area (Å²) in [7, 11) is 4.04. The molecule has 2 aromatic carbocycles. The smallest absolute Gasteiger partial charge is 0.252 e. The molecule has 0 unspecified atom stereocenters. The maximum atomic E-state index is 13.0. The Kier molecular flexibility index (Phi) is 6.55. The highest BCUT2D eigenvalue weighted by atomic mass is 35.5. The van der Waals surface area contributed by atoms with Crippen molar-refractivity contribution in [3.63, 3.8) is 0 Å². The lowest BCUT2D eigenvalue weighted by atomic mass is 9.97. The Morgan fingerprint density at radius 2 is 1.89 bits per heavy atom. The zero-order valence-corrected chi connectivity index (χ0v) is 17.7. The summed E-state index contributed by atoms with van der Waals surface area (Å²) in [5, 5.41) is 4.95. The Labute approximate surface area is 175 Å². The lowest BCUT2D eigenvalue weighted by Crippen LogP contribution is -2.28. The van der Waals surface area contributed by atoms with Gasteiger partial charge in [0.25, 0.3) is 5.91 Å². The molecule has 146 valence electrons. The average Bonchev–Trinajstić information content (AvgIpc) is 2.65. The van der Waals surface area contributed by atoms with Gasteiger partial charge in [-0.3, -0.25) is 4.79 Å². The van der Waals surface area contributed by atoms with E-state index in [9.17, 15) is 4.79 Å². The Bertz CT molecular complexity index is 1020. The Morgan fingerprint density at radius 1 is 1.14 bits per heavy atom. The highest BCUT2D eigenvalue weighted by Gasteiger charge is 2.20. The van der Waals surface area contributed by atoms with Gasteiger partial charge in [-0.05, 0) is 63.8 Å². The maximum absolute atomic E-state index is 13.0. The highest BCUT2D eigenvalue weighted by Crippen LogP contribution is 2.34. The van der Waals surface area contributed by atoms with E-state index in [0.717, 1.165) is 35.0 Å². The lowest BCUT2D eigenvalue weighted by Gasteiger charge is -2.16. The molecule has 1 amide bonds. The minimum absolute atomic E-state index is 0.0961. The Morgan fingerprint density at radius 3 is 2.61 bits per heavy atom. The van der Waals surface area contributed by atoms with Crippen molar-refractivity contribution in [1.29, 1.82) is 0 Å². The second-order valence-electron chi connectivity index (χ2n) is 7.01. The molecule has 0 spiro atoms. The van der Waals surface area contributed by atoms with Crippen LogP contribution in [0.4, 0.5) is 0 Å². The molecule has 3 aromatic rings. The minimum atomic E-state index is -0.0961. The van der Waals surface area contributed by atoms with Crippen LogP contribution in [0.5, 0.6) is 0 Å². The molecule has 3 rings (SSSR count). The van der Waals surface area contributed by atoms with Gasteiger partial charge in [0.05, 0.1) is 21.8 Å². The number of rotatable bonds is 6. The number of nitrogens with one attached hydrogen (secondary N) is 1.